The third-order valence-electron chi connectivity index (χ3n) is 4.31. The van der Waals surface area contributed by atoms with E-state index in [1.165, 1.54) is 33.5 Å². The van der Waals surface area contributed by atoms with E-state index in [1.807, 2.05) is 12.3 Å². The molecule has 0 atom stereocenters. The summed E-state index contributed by atoms with van der Waals surface area (Å²) < 4.78 is 2.21. The third kappa shape index (κ3) is 1.87. The molecule has 0 spiro atoms. The Morgan fingerprint density at radius 2 is 1.86 bits per heavy atom. The smallest absolute Gasteiger partial charge is 0.212 e. The maximum atomic E-state index is 4.55. The van der Waals surface area contributed by atoms with Gasteiger partial charge in [-0.25, -0.2) is 4.57 Å². The van der Waals surface area contributed by atoms with Crippen LogP contribution in [0.3, 0.4) is 0 Å². The van der Waals surface area contributed by atoms with Crippen LogP contribution in [-0.2, 0) is 13.5 Å². The van der Waals surface area contributed by atoms with Crippen LogP contribution in [0.4, 0.5) is 0 Å². The molecule has 0 saturated heterocycles. The van der Waals surface area contributed by atoms with Gasteiger partial charge in [0.25, 0.3) is 0 Å². The molecule has 4 rings (SSSR count). The van der Waals surface area contributed by atoms with Crippen molar-refractivity contribution in [2.75, 3.05) is 0 Å². The molecule has 1 aliphatic carbocycles. The lowest BCUT2D eigenvalue weighted by Crippen LogP contribution is -2.31. The van der Waals surface area contributed by atoms with Crippen LogP contribution < -0.4 is 4.57 Å². The first kappa shape index (κ1) is 12.3. The first-order valence-electron chi connectivity index (χ1n) is 7.27. The average Bonchev–Trinajstić information content (AvgIpc) is 2.85. The van der Waals surface area contributed by atoms with Crippen LogP contribution >= 0.6 is 0 Å². The summed E-state index contributed by atoms with van der Waals surface area (Å²) in [5.74, 6) is 0. The van der Waals surface area contributed by atoms with Gasteiger partial charge in [0.05, 0.1) is 11.3 Å². The first-order valence-corrected chi connectivity index (χ1v) is 7.27. The largest absolute Gasteiger partial charge is 0.256 e. The molecule has 0 amide bonds. The van der Waals surface area contributed by atoms with E-state index in [-0.39, 0.29) is 0 Å². The van der Waals surface area contributed by atoms with E-state index in [4.69, 9.17) is 0 Å². The summed E-state index contributed by atoms with van der Waals surface area (Å²) in [6.45, 7) is 2.17. The van der Waals surface area contributed by atoms with E-state index in [9.17, 15) is 0 Å². The monoisotopic (exact) mass is 273 g/mol. The second-order valence-electron chi connectivity index (χ2n) is 5.71. The van der Waals surface area contributed by atoms with Crippen molar-refractivity contribution in [1.82, 2.24) is 4.98 Å². The number of benzene rings is 1. The first-order chi connectivity index (χ1) is 10.2. The van der Waals surface area contributed by atoms with Crippen molar-refractivity contribution in [3.05, 3.63) is 71.5 Å². The average molecular weight is 273 g/mol. The molecule has 2 aromatic heterocycles. The van der Waals surface area contributed by atoms with Crippen molar-refractivity contribution in [2.24, 2.45) is 7.05 Å². The van der Waals surface area contributed by atoms with Gasteiger partial charge in [0.15, 0.2) is 6.20 Å². The number of hydrogen-bond donors (Lipinski definition) is 0. The lowest BCUT2D eigenvalue weighted by Gasteiger charge is -2.06. The molecule has 2 nitrogen and oxygen atoms in total. The van der Waals surface area contributed by atoms with Gasteiger partial charge in [-0.2, -0.15) is 0 Å². The van der Waals surface area contributed by atoms with Crippen molar-refractivity contribution in [2.45, 2.75) is 13.3 Å². The number of fused-ring (bicyclic) bond motifs is 3. The highest BCUT2D eigenvalue weighted by atomic mass is 14.9. The lowest BCUT2D eigenvalue weighted by molar-refractivity contribution is -0.659. The van der Waals surface area contributed by atoms with Gasteiger partial charge in [0.1, 0.15) is 7.05 Å². The van der Waals surface area contributed by atoms with Gasteiger partial charge in [-0.1, -0.05) is 24.3 Å². The fourth-order valence-electron chi connectivity index (χ4n) is 3.21. The summed E-state index contributed by atoms with van der Waals surface area (Å²) in [6, 6.07) is 15.1. The molecule has 21 heavy (non-hydrogen) atoms. The zero-order valence-electron chi connectivity index (χ0n) is 12.3. The van der Waals surface area contributed by atoms with Gasteiger partial charge in [0.2, 0.25) is 5.69 Å². The fourth-order valence-corrected chi connectivity index (χ4v) is 3.21. The summed E-state index contributed by atoms with van der Waals surface area (Å²) >= 11 is 0. The highest BCUT2D eigenvalue weighted by Crippen LogP contribution is 2.35. The Kier molecular flexibility index (Phi) is 2.64. The Bertz CT molecular complexity index is 850. The minimum absolute atomic E-state index is 0.984. The number of rotatable bonds is 1. The zero-order chi connectivity index (χ0) is 14.4. The third-order valence-corrected chi connectivity index (χ3v) is 4.31. The molecular weight excluding hydrogens is 256 g/mol. The summed E-state index contributed by atoms with van der Waals surface area (Å²) in [5.41, 5.74) is 8.98. The van der Waals surface area contributed by atoms with Crippen LogP contribution in [-0.4, -0.2) is 4.98 Å². The van der Waals surface area contributed by atoms with E-state index in [2.05, 4.69) is 66.1 Å². The van der Waals surface area contributed by atoms with Crippen LogP contribution in [0.2, 0.25) is 0 Å². The maximum absolute atomic E-state index is 4.55. The van der Waals surface area contributed by atoms with Crippen LogP contribution in [0.1, 0.15) is 16.7 Å². The number of aromatic nitrogens is 2. The van der Waals surface area contributed by atoms with E-state index in [0.29, 0.717) is 0 Å². The van der Waals surface area contributed by atoms with Crippen molar-refractivity contribution < 1.29 is 4.57 Å². The quantitative estimate of drug-likeness (QED) is 0.485. The van der Waals surface area contributed by atoms with Gasteiger partial charge in [0, 0.05) is 24.2 Å². The summed E-state index contributed by atoms with van der Waals surface area (Å²) in [4.78, 5) is 4.55. The van der Waals surface area contributed by atoms with E-state index in [1.54, 1.807) is 0 Å². The minimum Gasteiger partial charge on any atom is -0.256 e. The van der Waals surface area contributed by atoms with E-state index < -0.39 is 0 Å². The van der Waals surface area contributed by atoms with Gasteiger partial charge < -0.3 is 0 Å². The minimum atomic E-state index is 0.984. The van der Waals surface area contributed by atoms with Gasteiger partial charge in [-0.15, -0.1) is 0 Å². The molecule has 1 aliphatic rings. The van der Waals surface area contributed by atoms with Crippen LogP contribution in [0.15, 0.2) is 54.9 Å². The molecule has 102 valence electrons. The Labute approximate surface area is 124 Å². The summed E-state index contributed by atoms with van der Waals surface area (Å²) in [5, 5.41) is 0. The van der Waals surface area contributed by atoms with Crippen LogP contribution in [0.25, 0.3) is 22.5 Å². The number of hydrogen-bond acceptors (Lipinski definition) is 1. The lowest BCUT2D eigenvalue weighted by atomic mass is 10.0. The van der Waals surface area contributed by atoms with Gasteiger partial charge in [-0.3, -0.25) is 4.98 Å². The molecule has 0 fully saturated rings. The van der Waals surface area contributed by atoms with Crippen molar-refractivity contribution in [3.63, 3.8) is 0 Å². The standard InChI is InChI=1S/C19H17N2/c1-13-6-3-4-8-16(13)18-11-15-10-14-7-5-9-20-19(14)17(15)12-21(18)2/h3-9,11-12H,10H2,1-2H3/q+1. The Hall–Kier alpha value is -2.48. The predicted octanol–water partition coefficient (Wildman–Crippen LogP) is 3.45. The maximum Gasteiger partial charge on any atom is 0.212 e. The molecule has 0 radical (unpaired) electrons. The second-order valence-corrected chi connectivity index (χ2v) is 5.71. The van der Waals surface area contributed by atoms with Crippen LogP contribution in [0.5, 0.6) is 0 Å². The topological polar surface area (TPSA) is 16.8 Å². The molecule has 2 heteroatoms. The van der Waals surface area contributed by atoms with Gasteiger partial charge in [-0.05, 0) is 35.7 Å². The Balaban J connectivity index is 1.92. The van der Waals surface area contributed by atoms with E-state index in [0.717, 1.165) is 12.1 Å². The van der Waals surface area contributed by atoms with E-state index >= 15 is 0 Å². The van der Waals surface area contributed by atoms with Gasteiger partial charge >= 0.3 is 0 Å². The predicted molar refractivity (Wildman–Crippen MR) is 83.8 cm³/mol. The molecule has 2 heterocycles. The van der Waals surface area contributed by atoms with Crippen molar-refractivity contribution in [3.8, 4) is 22.5 Å². The zero-order valence-corrected chi connectivity index (χ0v) is 12.3. The van der Waals surface area contributed by atoms with Crippen molar-refractivity contribution in [1.29, 1.82) is 0 Å². The summed E-state index contributed by atoms with van der Waals surface area (Å²) in [7, 11) is 2.11. The molecule has 0 saturated carbocycles. The highest BCUT2D eigenvalue weighted by Gasteiger charge is 2.25. The van der Waals surface area contributed by atoms with Crippen LogP contribution in [0, 0.1) is 6.92 Å². The number of nitrogens with zero attached hydrogens (tertiary/aromatic N) is 2. The molecular formula is C19H17N2+. The molecule has 0 aliphatic heterocycles. The number of aryl methyl sites for hydroxylation is 2. The SMILES string of the molecule is Cc1ccccc1-c1cc2c(c[n+]1C)-c1ncccc1C2. The molecule has 0 bridgehead atoms. The Morgan fingerprint density at radius 3 is 2.71 bits per heavy atom. The highest BCUT2D eigenvalue weighted by molar-refractivity contribution is 5.74. The second kappa shape index (κ2) is 4.52. The molecule has 3 aromatic rings. The molecule has 1 aromatic carbocycles. The molecule has 0 unspecified atom stereocenters. The normalized spacial score (nSPS) is 12.1. The fraction of sp³-hybridized carbons (Fsp3) is 0.158. The Morgan fingerprint density at radius 1 is 1.00 bits per heavy atom. The molecule has 0 N–H and O–H groups in total. The summed E-state index contributed by atoms with van der Waals surface area (Å²) in [6.07, 6.45) is 5.08. The number of pyridine rings is 2. The van der Waals surface area contributed by atoms with Crippen molar-refractivity contribution >= 4 is 0 Å².